The fraction of sp³-hybridized carbons (Fsp3) is 0.588. The summed E-state index contributed by atoms with van der Waals surface area (Å²) in [6, 6.07) is 0. The van der Waals surface area contributed by atoms with Crippen molar-refractivity contribution in [3.63, 3.8) is 0 Å². The summed E-state index contributed by atoms with van der Waals surface area (Å²) < 4.78 is 0. The minimum absolute atomic E-state index is 0.0483. The number of Topliss-reactive ketones (excluding diaryl/α,β-unsaturated/α-hetero) is 1. The summed E-state index contributed by atoms with van der Waals surface area (Å²) in [6.07, 6.45) is 30.5. The van der Waals surface area contributed by atoms with Crippen molar-refractivity contribution in [3.05, 3.63) is 62.6 Å². The maximum absolute atomic E-state index is 12.7. The van der Waals surface area contributed by atoms with E-state index in [1.165, 1.54) is 108 Å². The number of nitrogens with zero attached hydrogens (tertiary/aromatic N) is 3. The smallest absolute Gasteiger partial charge is 0.201 e. The normalized spacial score (nSPS) is 18.1. The quantitative estimate of drug-likeness (QED) is 0.118. The van der Waals surface area contributed by atoms with Gasteiger partial charge in [0.05, 0.1) is 16.9 Å². The van der Waals surface area contributed by atoms with Crippen molar-refractivity contribution in [2.45, 2.75) is 123 Å². The number of aliphatic hydroxyl groups is 2. The highest BCUT2D eigenvalue weighted by molar-refractivity contribution is 7.12. The maximum Gasteiger partial charge on any atom is 0.201 e. The Kier molecular flexibility index (Phi) is 14.8. The van der Waals surface area contributed by atoms with Crippen molar-refractivity contribution >= 4 is 28.9 Å². The van der Waals surface area contributed by atoms with Gasteiger partial charge in [-0.3, -0.25) is 9.79 Å². The SMILES string of the molecule is CCCCCCCCCCCCCCCCCC/N=C1C=C/C(=C2/C(=O)C(/C=C/c3nnc(CC)s3)=C2O)C(O)=C\1. The number of carbonyl (C=O) groups is 1. The van der Waals surface area contributed by atoms with Crippen LogP contribution >= 0.6 is 11.3 Å². The minimum atomic E-state index is -0.299. The lowest BCUT2D eigenvalue weighted by molar-refractivity contribution is -0.113. The number of aliphatic imine (C=N–C) groups is 1. The van der Waals surface area contributed by atoms with Crippen molar-refractivity contribution in [3.8, 4) is 0 Å². The molecule has 0 bridgehead atoms. The summed E-state index contributed by atoms with van der Waals surface area (Å²) in [5, 5.41) is 30.7. The molecule has 1 heterocycles. The topological polar surface area (TPSA) is 95.7 Å². The van der Waals surface area contributed by atoms with Gasteiger partial charge in [0.25, 0.3) is 0 Å². The number of hydrogen-bond donors (Lipinski definition) is 2. The first-order valence-corrected chi connectivity index (χ1v) is 16.7. The summed E-state index contributed by atoms with van der Waals surface area (Å²) in [6.45, 7) is 5.00. The van der Waals surface area contributed by atoms with E-state index in [1.54, 1.807) is 30.4 Å². The van der Waals surface area contributed by atoms with Crippen molar-refractivity contribution in [2.75, 3.05) is 6.54 Å². The number of aliphatic hydroxyl groups excluding tert-OH is 2. The molecular formula is C34H49N3O3S. The van der Waals surface area contributed by atoms with Crippen LogP contribution in [0.5, 0.6) is 0 Å². The lowest BCUT2D eigenvalue weighted by atomic mass is 9.82. The highest BCUT2D eigenvalue weighted by atomic mass is 32.1. The number of aryl methyl sites for hydroxylation is 1. The van der Waals surface area contributed by atoms with E-state index in [4.69, 9.17) is 0 Å². The third kappa shape index (κ3) is 10.8. The van der Waals surface area contributed by atoms with Crippen LogP contribution in [0, 0.1) is 0 Å². The fourth-order valence-corrected chi connectivity index (χ4v) is 5.84. The predicted molar refractivity (Wildman–Crippen MR) is 172 cm³/mol. The van der Waals surface area contributed by atoms with Gasteiger partial charge in [0, 0.05) is 18.2 Å². The number of unbranched alkanes of at least 4 members (excludes halogenated alkanes) is 15. The van der Waals surface area contributed by atoms with Gasteiger partial charge >= 0.3 is 0 Å². The number of hydrogen-bond acceptors (Lipinski definition) is 7. The molecule has 0 radical (unpaired) electrons. The van der Waals surface area contributed by atoms with Crippen molar-refractivity contribution in [1.82, 2.24) is 10.2 Å². The molecule has 0 fully saturated rings. The Labute approximate surface area is 250 Å². The van der Waals surface area contributed by atoms with E-state index in [1.807, 2.05) is 6.92 Å². The summed E-state index contributed by atoms with van der Waals surface area (Å²) in [4.78, 5) is 17.3. The number of ketones is 1. The second-order valence-electron chi connectivity index (χ2n) is 11.1. The lowest BCUT2D eigenvalue weighted by Gasteiger charge is -2.22. The van der Waals surface area contributed by atoms with Crippen LogP contribution in [0.3, 0.4) is 0 Å². The van der Waals surface area contributed by atoms with Crippen LogP contribution in [0.4, 0.5) is 0 Å². The summed E-state index contributed by atoms with van der Waals surface area (Å²) in [7, 11) is 0. The molecule has 0 spiro atoms. The standard InChI is InChI=1S/C34H49N3O3S/c1-3-5-6-7-8-9-10-11-12-13-14-15-16-17-18-19-24-35-26-20-21-27(29(38)25-26)32-33(39)28(34(32)40)22-23-31-37-36-30(4-2)41-31/h20-23,25,38-39H,3-19,24H2,1-2H3/b23-22+,32-27-,35-26+. The average Bonchev–Trinajstić information content (AvgIpc) is 3.44. The largest absolute Gasteiger partial charge is 0.507 e. The molecule has 0 aliphatic heterocycles. The van der Waals surface area contributed by atoms with Crippen LogP contribution in [-0.2, 0) is 11.2 Å². The predicted octanol–water partition coefficient (Wildman–Crippen LogP) is 9.52. The molecule has 3 rings (SSSR count). The van der Waals surface area contributed by atoms with E-state index in [2.05, 4.69) is 22.1 Å². The summed E-state index contributed by atoms with van der Waals surface area (Å²) >= 11 is 1.45. The Balaban J connectivity index is 1.28. The van der Waals surface area contributed by atoms with Gasteiger partial charge in [-0.1, -0.05) is 121 Å². The Morgan fingerprint density at radius 3 is 1.88 bits per heavy atom. The number of allylic oxidation sites excluding steroid dienone is 6. The molecular weight excluding hydrogens is 530 g/mol. The molecule has 1 aromatic rings. The lowest BCUT2D eigenvalue weighted by Crippen LogP contribution is -2.23. The maximum atomic E-state index is 12.7. The van der Waals surface area contributed by atoms with E-state index in [-0.39, 0.29) is 28.4 Å². The second-order valence-corrected chi connectivity index (χ2v) is 12.2. The zero-order valence-electron chi connectivity index (χ0n) is 25.2. The van der Waals surface area contributed by atoms with Gasteiger partial charge in [-0.2, -0.15) is 0 Å². The van der Waals surface area contributed by atoms with Crippen LogP contribution in [-0.4, -0.2) is 38.5 Å². The zero-order chi connectivity index (χ0) is 29.3. The number of aromatic nitrogens is 2. The molecule has 224 valence electrons. The van der Waals surface area contributed by atoms with E-state index in [9.17, 15) is 15.0 Å². The van der Waals surface area contributed by atoms with Gasteiger partial charge in [-0.15, -0.1) is 10.2 Å². The van der Waals surface area contributed by atoms with Crippen LogP contribution in [0.2, 0.25) is 0 Å². The van der Waals surface area contributed by atoms with Crippen LogP contribution in [0.25, 0.3) is 6.08 Å². The van der Waals surface area contributed by atoms with Crippen molar-refractivity contribution in [1.29, 1.82) is 0 Å². The Morgan fingerprint density at radius 1 is 0.780 bits per heavy atom. The molecule has 0 saturated heterocycles. The molecule has 1 aromatic heterocycles. The van der Waals surface area contributed by atoms with E-state index >= 15 is 0 Å². The first-order chi connectivity index (χ1) is 20.0. The van der Waals surface area contributed by atoms with Crippen LogP contribution in [0.15, 0.2) is 57.5 Å². The van der Waals surface area contributed by atoms with E-state index < -0.39 is 0 Å². The molecule has 2 aliphatic rings. The molecule has 0 saturated carbocycles. The molecule has 0 atom stereocenters. The summed E-state index contributed by atoms with van der Waals surface area (Å²) in [5.74, 6) is -0.459. The van der Waals surface area contributed by atoms with Gasteiger partial charge in [-0.25, -0.2) is 0 Å². The molecule has 7 heteroatoms. The molecule has 2 N–H and O–H groups in total. The van der Waals surface area contributed by atoms with E-state index in [0.29, 0.717) is 16.3 Å². The molecule has 2 aliphatic carbocycles. The monoisotopic (exact) mass is 579 g/mol. The fourth-order valence-electron chi connectivity index (χ4n) is 5.16. The molecule has 41 heavy (non-hydrogen) atoms. The Bertz CT molecular complexity index is 1170. The Hall–Kier alpha value is -2.80. The Morgan fingerprint density at radius 2 is 1.37 bits per heavy atom. The van der Waals surface area contributed by atoms with Gasteiger partial charge in [-0.05, 0) is 37.1 Å². The average molecular weight is 580 g/mol. The first-order valence-electron chi connectivity index (χ1n) is 15.9. The van der Waals surface area contributed by atoms with Gasteiger partial charge in [0.15, 0.2) is 0 Å². The first kappa shape index (κ1) is 32.7. The highest BCUT2D eigenvalue weighted by Crippen LogP contribution is 2.35. The van der Waals surface area contributed by atoms with Gasteiger partial charge < -0.3 is 10.2 Å². The molecule has 6 nitrogen and oxygen atoms in total. The third-order valence-electron chi connectivity index (χ3n) is 7.70. The van der Waals surface area contributed by atoms with Crippen LogP contribution < -0.4 is 0 Å². The van der Waals surface area contributed by atoms with Crippen molar-refractivity contribution in [2.24, 2.45) is 4.99 Å². The highest BCUT2D eigenvalue weighted by Gasteiger charge is 2.35. The second kappa shape index (κ2) is 18.6. The van der Waals surface area contributed by atoms with Crippen LogP contribution in [0.1, 0.15) is 127 Å². The van der Waals surface area contributed by atoms with Crippen molar-refractivity contribution < 1.29 is 15.0 Å². The molecule has 0 unspecified atom stereocenters. The van der Waals surface area contributed by atoms with E-state index in [0.717, 1.165) is 24.4 Å². The minimum Gasteiger partial charge on any atom is -0.507 e. The van der Waals surface area contributed by atoms with Gasteiger partial charge in [0.1, 0.15) is 21.5 Å². The number of rotatable bonds is 20. The number of carbonyl (C=O) groups excluding carboxylic acids is 1. The third-order valence-corrected chi connectivity index (χ3v) is 8.73. The molecule has 0 aromatic carbocycles. The van der Waals surface area contributed by atoms with Gasteiger partial charge in [0.2, 0.25) is 5.78 Å². The zero-order valence-corrected chi connectivity index (χ0v) is 26.0. The summed E-state index contributed by atoms with van der Waals surface area (Å²) in [5.41, 5.74) is 1.37. The molecule has 0 amide bonds.